The highest BCUT2D eigenvalue weighted by Gasteiger charge is 2.54. The van der Waals surface area contributed by atoms with Crippen LogP contribution in [0.1, 0.15) is 58.3 Å². The van der Waals surface area contributed by atoms with Crippen LogP contribution < -0.4 is 5.32 Å². The summed E-state index contributed by atoms with van der Waals surface area (Å²) >= 11 is 0. The average molecular weight is 366 g/mol. The Kier molecular flexibility index (Phi) is 6.23. The number of hydrogen-bond acceptors (Lipinski definition) is 4. The average Bonchev–Trinajstić information content (AvgIpc) is 3.22. The number of nitrogens with one attached hydrogen (secondary N) is 1. The van der Waals surface area contributed by atoms with E-state index in [9.17, 15) is 9.59 Å². The Hall–Kier alpha value is -1.14. The third kappa shape index (κ3) is 4.06. The van der Waals surface area contributed by atoms with Crippen molar-refractivity contribution in [2.75, 3.05) is 33.8 Å². The lowest BCUT2D eigenvalue weighted by atomic mass is 9.82. The minimum atomic E-state index is -0.555. The molecule has 1 saturated heterocycles. The van der Waals surface area contributed by atoms with E-state index in [-0.39, 0.29) is 17.7 Å². The second-order valence-electron chi connectivity index (χ2n) is 8.76. The molecule has 6 nitrogen and oxygen atoms in total. The van der Waals surface area contributed by atoms with Gasteiger partial charge in [-0.2, -0.15) is 0 Å². The van der Waals surface area contributed by atoms with Gasteiger partial charge in [0.05, 0.1) is 6.61 Å². The first kappa shape index (κ1) is 19.6. The summed E-state index contributed by atoms with van der Waals surface area (Å²) in [7, 11) is 3.97. The second-order valence-corrected chi connectivity index (χ2v) is 8.76. The van der Waals surface area contributed by atoms with Crippen LogP contribution in [-0.4, -0.2) is 67.2 Å². The molecule has 0 aromatic carbocycles. The van der Waals surface area contributed by atoms with Crippen LogP contribution in [0.4, 0.5) is 0 Å². The molecule has 2 saturated carbocycles. The molecule has 1 spiro atoms. The molecule has 3 rings (SSSR count). The lowest BCUT2D eigenvalue weighted by Gasteiger charge is -2.44. The Bertz CT molecular complexity index is 518. The zero-order valence-corrected chi connectivity index (χ0v) is 16.6. The molecule has 3 atom stereocenters. The fourth-order valence-electron chi connectivity index (χ4n) is 4.92. The molecule has 6 heteroatoms. The van der Waals surface area contributed by atoms with Gasteiger partial charge in [0.15, 0.2) is 0 Å². The van der Waals surface area contributed by atoms with E-state index < -0.39 is 11.8 Å². The monoisotopic (exact) mass is 365 g/mol. The van der Waals surface area contributed by atoms with Crippen molar-refractivity contribution in [3.8, 4) is 0 Å². The van der Waals surface area contributed by atoms with E-state index in [0.717, 1.165) is 51.5 Å². The first-order valence-corrected chi connectivity index (χ1v) is 10.3. The summed E-state index contributed by atoms with van der Waals surface area (Å²) in [5.41, 5.74) is -0.555. The van der Waals surface area contributed by atoms with E-state index in [4.69, 9.17) is 4.74 Å². The number of likely N-dealkylation sites (N-methyl/N-ethyl adjacent to an activating group) is 1. The van der Waals surface area contributed by atoms with Crippen LogP contribution in [0.3, 0.4) is 0 Å². The van der Waals surface area contributed by atoms with Gasteiger partial charge in [-0.25, -0.2) is 0 Å². The highest BCUT2D eigenvalue weighted by atomic mass is 16.5. The largest absolute Gasteiger partial charge is 0.353 e. The number of carbonyl (C=O) groups is 2. The van der Waals surface area contributed by atoms with Gasteiger partial charge in [0.1, 0.15) is 11.8 Å². The SMILES string of the molecule is CC1CCCC2(C1)OCC(C(=O)NCCN(C)C)N2C(=O)C1CCCC1. The molecule has 3 unspecified atom stereocenters. The van der Waals surface area contributed by atoms with Gasteiger partial charge in [-0.3, -0.25) is 14.5 Å². The lowest BCUT2D eigenvalue weighted by Crippen LogP contribution is -2.58. The molecule has 3 aliphatic rings. The van der Waals surface area contributed by atoms with Gasteiger partial charge in [0, 0.05) is 19.0 Å². The molecule has 2 aliphatic carbocycles. The first-order chi connectivity index (χ1) is 12.4. The van der Waals surface area contributed by atoms with Gasteiger partial charge in [0.2, 0.25) is 11.8 Å². The predicted molar refractivity (Wildman–Crippen MR) is 100 cm³/mol. The summed E-state index contributed by atoms with van der Waals surface area (Å²) in [5.74, 6) is 0.691. The van der Waals surface area contributed by atoms with E-state index >= 15 is 0 Å². The lowest BCUT2D eigenvalue weighted by molar-refractivity contribution is -0.166. The molecule has 1 aliphatic heterocycles. The molecule has 0 radical (unpaired) electrons. The third-order valence-corrected chi connectivity index (χ3v) is 6.30. The molecule has 148 valence electrons. The normalized spacial score (nSPS) is 32.5. The standard InChI is InChI=1S/C20H35N3O3/c1-15-7-6-10-20(13-15)23(19(25)16-8-4-5-9-16)17(14-26-20)18(24)21-11-12-22(2)3/h15-17H,4-14H2,1-3H3,(H,21,24). The van der Waals surface area contributed by atoms with Gasteiger partial charge in [-0.05, 0) is 52.1 Å². The fraction of sp³-hybridized carbons (Fsp3) is 0.900. The quantitative estimate of drug-likeness (QED) is 0.809. The number of carbonyl (C=O) groups excluding carboxylic acids is 2. The molecule has 0 aromatic heterocycles. The first-order valence-electron chi connectivity index (χ1n) is 10.3. The maximum absolute atomic E-state index is 13.4. The highest BCUT2D eigenvalue weighted by molar-refractivity contribution is 5.89. The van der Waals surface area contributed by atoms with Crippen molar-refractivity contribution in [3.05, 3.63) is 0 Å². The summed E-state index contributed by atoms with van der Waals surface area (Å²) < 4.78 is 6.24. The summed E-state index contributed by atoms with van der Waals surface area (Å²) in [5, 5.41) is 3.01. The zero-order valence-electron chi connectivity index (χ0n) is 16.6. The number of amides is 2. The van der Waals surface area contributed by atoms with Crippen molar-refractivity contribution in [3.63, 3.8) is 0 Å². The maximum Gasteiger partial charge on any atom is 0.245 e. The summed E-state index contributed by atoms with van der Waals surface area (Å²) in [6.45, 7) is 3.95. The van der Waals surface area contributed by atoms with Crippen molar-refractivity contribution in [1.29, 1.82) is 0 Å². The Balaban J connectivity index is 1.76. The van der Waals surface area contributed by atoms with Crippen LogP contribution in [0, 0.1) is 11.8 Å². The maximum atomic E-state index is 13.4. The molecular weight excluding hydrogens is 330 g/mol. The minimum absolute atomic E-state index is 0.0618. The summed E-state index contributed by atoms with van der Waals surface area (Å²) in [6, 6.07) is -0.476. The van der Waals surface area contributed by atoms with E-state index in [2.05, 4.69) is 12.2 Å². The molecule has 0 bridgehead atoms. The molecule has 0 aromatic rings. The summed E-state index contributed by atoms with van der Waals surface area (Å²) in [4.78, 5) is 30.2. The Morgan fingerprint density at radius 2 is 1.92 bits per heavy atom. The fourth-order valence-corrected chi connectivity index (χ4v) is 4.92. The summed E-state index contributed by atoms with van der Waals surface area (Å²) in [6.07, 6.45) is 8.10. The Labute approximate surface area is 157 Å². The smallest absolute Gasteiger partial charge is 0.245 e. The molecular formula is C20H35N3O3. The number of hydrogen-bond donors (Lipinski definition) is 1. The van der Waals surface area contributed by atoms with Crippen LogP contribution in [0.15, 0.2) is 0 Å². The number of ether oxygens (including phenoxy) is 1. The predicted octanol–water partition coefficient (Wildman–Crippen LogP) is 1.99. The van der Waals surface area contributed by atoms with E-state index in [1.165, 1.54) is 6.42 Å². The van der Waals surface area contributed by atoms with E-state index in [1.807, 2.05) is 23.9 Å². The highest BCUT2D eigenvalue weighted by Crippen LogP contribution is 2.44. The topological polar surface area (TPSA) is 61.9 Å². The van der Waals surface area contributed by atoms with Crippen molar-refractivity contribution in [2.45, 2.75) is 70.1 Å². The molecule has 26 heavy (non-hydrogen) atoms. The van der Waals surface area contributed by atoms with Crippen molar-refractivity contribution >= 4 is 11.8 Å². The van der Waals surface area contributed by atoms with Crippen LogP contribution in [-0.2, 0) is 14.3 Å². The van der Waals surface area contributed by atoms with Crippen LogP contribution in [0.25, 0.3) is 0 Å². The van der Waals surface area contributed by atoms with Gasteiger partial charge in [-0.1, -0.05) is 26.2 Å². The van der Waals surface area contributed by atoms with Crippen molar-refractivity contribution < 1.29 is 14.3 Å². The molecule has 1 N–H and O–H groups in total. The van der Waals surface area contributed by atoms with Gasteiger partial charge < -0.3 is 15.0 Å². The van der Waals surface area contributed by atoms with Crippen LogP contribution in [0.2, 0.25) is 0 Å². The van der Waals surface area contributed by atoms with Gasteiger partial charge >= 0.3 is 0 Å². The second kappa shape index (κ2) is 8.26. The Morgan fingerprint density at radius 1 is 1.19 bits per heavy atom. The minimum Gasteiger partial charge on any atom is -0.353 e. The van der Waals surface area contributed by atoms with Crippen LogP contribution in [0.5, 0.6) is 0 Å². The Morgan fingerprint density at radius 3 is 2.58 bits per heavy atom. The number of rotatable bonds is 5. The van der Waals surface area contributed by atoms with Gasteiger partial charge in [-0.15, -0.1) is 0 Å². The van der Waals surface area contributed by atoms with Crippen LogP contribution >= 0.6 is 0 Å². The van der Waals surface area contributed by atoms with Crippen molar-refractivity contribution in [1.82, 2.24) is 15.1 Å². The third-order valence-electron chi connectivity index (χ3n) is 6.30. The van der Waals surface area contributed by atoms with E-state index in [1.54, 1.807) is 0 Å². The van der Waals surface area contributed by atoms with Crippen molar-refractivity contribution in [2.24, 2.45) is 11.8 Å². The molecule has 1 heterocycles. The number of nitrogens with zero attached hydrogens (tertiary/aromatic N) is 2. The molecule has 3 fully saturated rings. The molecule has 2 amide bonds. The van der Waals surface area contributed by atoms with Gasteiger partial charge in [0.25, 0.3) is 0 Å². The zero-order chi connectivity index (χ0) is 18.7. The van der Waals surface area contributed by atoms with E-state index in [0.29, 0.717) is 19.1 Å².